The van der Waals surface area contributed by atoms with Crippen LogP contribution in [0.4, 0.5) is 39.8 Å². The predicted molar refractivity (Wildman–Crippen MR) is 395 cm³/mol. The molecular weight excluding hydrogens is 1150 g/mol. The summed E-state index contributed by atoms with van der Waals surface area (Å²) in [7, 11) is 0. The van der Waals surface area contributed by atoms with Gasteiger partial charge in [0.1, 0.15) is 11.2 Å². The number of para-hydroxylation sites is 1. The first kappa shape index (κ1) is 57.6. The minimum Gasteiger partial charge on any atom is -0.422 e. The van der Waals surface area contributed by atoms with Gasteiger partial charge in [-0.1, -0.05) is 209 Å². The van der Waals surface area contributed by atoms with Crippen molar-refractivity contribution in [1.29, 1.82) is 0 Å². The third kappa shape index (κ3) is 10.5. The molecule has 2 aromatic heterocycles. The van der Waals surface area contributed by atoms with Crippen LogP contribution in [-0.4, -0.2) is 13.1 Å². The average molecular weight is 1220 g/mol. The molecule has 0 amide bonds. The van der Waals surface area contributed by atoms with E-state index in [9.17, 15) is 9.59 Å². The molecule has 7 nitrogen and oxygen atoms in total. The van der Waals surface area contributed by atoms with E-state index in [0.717, 1.165) is 155 Å². The lowest BCUT2D eigenvalue weighted by atomic mass is 9.93. The average Bonchev–Trinajstić information content (AvgIpc) is 0.760. The molecule has 0 unspecified atom stereocenters. The molecule has 0 saturated heterocycles. The van der Waals surface area contributed by atoms with Gasteiger partial charge in [0, 0.05) is 69.4 Å². The van der Waals surface area contributed by atoms with Gasteiger partial charge in [-0.15, -0.1) is 0 Å². The van der Waals surface area contributed by atoms with Crippen molar-refractivity contribution in [2.24, 2.45) is 0 Å². The lowest BCUT2D eigenvalue weighted by molar-refractivity contribution is 0.562. The molecule has 7 heteroatoms. The molecule has 0 radical (unpaired) electrons. The van der Waals surface area contributed by atoms with E-state index >= 15 is 0 Å². The van der Waals surface area contributed by atoms with E-state index in [1.54, 1.807) is 0 Å². The van der Waals surface area contributed by atoms with E-state index in [1.807, 2.05) is 61.5 Å². The van der Waals surface area contributed by atoms with Crippen molar-refractivity contribution < 1.29 is 8.83 Å². The van der Waals surface area contributed by atoms with Crippen molar-refractivity contribution in [2.75, 3.05) is 27.8 Å². The summed E-state index contributed by atoms with van der Waals surface area (Å²) in [5, 5.41) is 13.7. The molecule has 0 atom stereocenters. The summed E-state index contributed by atoms with van der Waals surface area (Å²) in [5.74, 6) is 0. The van der Waals surface area contributed by atoms with Crippen molar-refractivity contribution in [2.45, 2.75) is 46.5 Å². The van der Waals surface area contributed by atoms with Crippen LogP contribution in [0.2, 0.25) is 0 Å². The van der Waals surface area contributed by atoms with E-state index < -0.39 is 0 Å². The fourth-order valence-electron chi connectivity index (χ4n) is 14.2. The molecule has 0 aliphatic heterocycles. The topological polar surface area (TPSA) is 70.1 Å². The van der Waals surface area contributed by atoms with Crippen LogP contribution in [0, 0.1) is 6.92 Å². The van der Waals surface area contributed by atoms with Crippen LogP contribution in [0.3, 0.4) is 0 Å². The van der Waals surface area contributed by atoms with Gasteiger partial charge in [0.2, 0.25) is 0 Å². The first-order valence-electron chi connectivity index (χ1n) is 32.8. The van der Waals surface area contributed by atoms with Crippen molar-refractivity contribution in [3.05, 3.63) is 305 Å². The summed E-state index contributed by atoms with van der Waals surface area (Å²) in [6.07, 6.45) is 4.44. The Kier molecular flexibility index (Phi) is 14.9. The molecule has 0 fully saturated rings. The summed E-state index contributed by atoms with van der Waals surface area (Å²) in [6, 6.07) is 98.3. The number of hydrogen-bond acceptors (Lipinski definition) is 7. The van der Waals surface area contributed by atoms with Gasteiger partial charge in [0.05, 0.1) is 16.8 Å². The monoisotopic (exact) mass is 1220 g/mol. The van der Waals surface area contributed by atoms with Crippen molar-refractivity contribution >= 4 is 116 Å². The Hall–Kier alpha value is -11.5. The van der Waals surface area contributed by atoms with Crippen molar-refractivity contribution in [3.63, 3.8) is 0 Å². The van der Waals surface area contributed by atoms with Crippen LogP contribution in [0.15, 0.2) is 297 Å². The van der Waals surface area contributed by atoms with Gasteiger partial charge in [0.25, 0.3) is 0 Å². The van der Waals surface area contributed by atoms with Gasteiger partial charge >= 0.3 is 11.3 Å². The van der Waals surface area contributed by atoms with E-state index in [4.69, 9.17) is 8.83 Å². The second kappa shape index (κ2) is 24.3. The Morgan fingerprint density at radius 1 is 0.319 bits per heavy atom. The zero-order valence-corrected chi connectivity index (χ0v) is 52.8. The number of hydrogen-bond donors (Lipinski definition) is 0. The van der Waals surface area contributed by atoms with E-state index in [-0.39, 0.29) is 11.3 Å². The second-order valence-corrected chi connectivity index (χ2v) is 24.8. The van der Waals surface area contributed by atoms with Gasteiger partial charge in [-0.05, 0) is 198 Å². The van der Waals surface area contributed by atoms with Crippen LogP contribution >= 0.6 is 0 Å². The van der Waals surface area contributed by atoms with Gasteiger partial charge in [0.15, 0.2) is 0 Å². The summed E-state index contributed by atoms with van der Waals surface area (Å²) in [5.41, 5.74) is 15.3. The molecule has 454 valence electrons. The van der Waals surface area contributed by atoms with E-state index in [2.05, 4.69) is 253 Å². The first-order valence-corrected chi connectivity index (χ1v) is 32.8. The number of benzene rings is 14. The zero-order chi connectivity index (χ0) is 63.4. The van der Waals surface area contributed by atoms with Crippen LogP contribution < -0.4 is 26.0 Å². The Balaban J connectivity index is 0.733. The quantitative estimate of drug-likeness (QED) is 0.0664. The molecule has 0 saturated carbocycles. The maximum atomic E-state index is 14.4. The minimum absolute atomic E-state index is 0.348. The Morgan fingerprint density at radius 2 is 0.819 bits per heavy atom. The molecular formula is C87H67N3O4. The molecule has 16 aromatic rings. The fourth-order valence-corrected chi connectivity index (χ4v) is 14.2. The first-order chi connectivity index (χ1) is 46.2. The smallest absolute Gasteiger partial charge is 0.344 e. The second-order valence-electron chi connectivity index (χ2n) is 24.8. The number of anilines is 7. The normalized spacial score (nSPS) is 11.7. The Bertz CT molecular complexity index is 5600. The summed E-state index contributed by atoms with van der Waals surface area (Å²) in [4.78, 5) is 35.0. The van der Waals surface area contributed by atoms with Gasteiger partial charge in [-0.2, -0.15) is 0 Å². The zero-order valence-electron chi connectivity index (χ0n) is 52.8. The number of unbranched alkanes of at least 4 members (excludes halogenated alkanes) is 2. The molecule has 0 spiro atoms. The maximum absolute atomic E-state index is 14.4. The fraction of sp³-hybridized carbons (Fsp3) is 0.103. The Morgan fingerprint density at radius 3 is 1.48 bits per heavy atom. The summed E-state index contributed by atoms with van der Waals surface area (Å²) < 4.78 is 12.1. The summed E-state index contributed by atoms with van der Waals surface area (Å²) in [6.45, 7) is 8.43. The van der Waals surface area contributed by atoms with Crippen LogP contribution in [-0.2, 0) is 0 Å². The van der Waals surface area contributed by atoms with Crippen LogP contribution in [0.1, 0.15) is 45.1 Å². The van der Waals surface area contributed by atoms with Gasteiger partial charge in [-0.25, -0.2) is 9.59 Å². The number of nitrogens with zero attached hydrogens (tertiary/aromatic N) is 3. The number of fused-ring (bicyclic) bond motifs is 5. The highest BCUT2D eigenvalue weighted by Crippen LogP contribution is 2.46. The van der Waals surface area contributed by atoms with Crippen LogP contribution in [0.5, 0.6) is 0 Å². The lowest BCUT2D eigenvalue weighted by Crippen LogP contribution is -2.25. The maximum Gasteiger partial charge on any atom is 0.344 e. The molecule has 16 rings (SSSR count). The standard InChI is InChI=1S/C87H67N3O4/c1-4-6-47-88(48-7-5-2)71-45-46-75-56(3)83(87(92)94-82(75)55-71)66-22-16-24-73(50-66)90(80-54-64-17-8-10-25-76(64)77-26-11-12-27-78(77)80)70-43-39-60(40-44-70)58-31-29-57(30-32-58)59-37-41-69(42-38-59)89(72-23-15-21-63(49-72)79-53-65-18-9-13-28-81(65)93-86(79)91)74-51-67-35-33-61-19-14-20-62-34-36-68(52-74)85(67)84(61)62/h8-46,49-55H,4-7,47-48H2,1-3H3. The molecule has 0 bridgehead atoms. The highest BCUT2D eigenvalue weighted by atomic mass is 16.4. The third-order valence-electron chi connectivity index (χ3n) is 19.0. The van der Waals surface area contributed by atoms with Crippen molar-refractivity contribution in [1.82, 2.24) is 0 Å². The number of rotatable bonds is 17. The lowest BCUT2D eigenvalue weighted by Gasteiger charge is -2.28. The molecule has 0 aliphatic carbocycles. The van der Waals surface area contributed by atoms with Crippen molar-refractivity contribution in [3.8, 4) is 44.5 Å². The molecule has 14 aromatic carbocycles. The van der Waals surface area contributed by atoms with E-state index in [1.165, 1.54) is 26.9 Å². The number of aryl methyl sites for hydroxylation is 1. The molecule has 0 N–H and O–H groups in total. The Labute approximate surface area is 545 Å². The largest absolute Gasteiger partial charge is 0.422 e. The van der Waals surface area contributed by atoms with Gasteiger partial charge < -0.3 is 23.5 Å². The molecule has 2 heterocycles. The SMILES string of the molecule is CCCCN(CCCC)c1ccc2c(C)c(-c3cccc(N(c4ccc(-c5ccc(-c6ccc(N(c7cccc(-c8cc9ccccc9oc8=O)c7)c7cc8ccc9cccc%10ccc(c7)c8c9%10)cc6)cc5)cc4)c4cc5ccccc5c5ccccc45)c3)c(=O)oc2c1. The molecule has 0 aliphatic rings. The highest BCUT2D eigenvalue weighted by molar-refractivity contribution is 6.24. The minimum atomic E-state index is -0.375. The van der Waals surface area contributed by atoms with E-state index in [0.29, 0.717) is 22.3 Å². The summed E-state index contributed by atoms with van der Waals surface area (Å²) >= 11 is 0. The van der Waals surface area contributed by atoms with Gasteiger partial charge in [-0.3, -0.25) is 0 Å². The molecule has 94 heavy (non-hydrogen) atoms. The third-order valence-corrected chi connectivity index (χ3v) is 19.0. The highest BCUT2D eigenvalue weighted by Gasteiger charge is 2.23. The van der Waals surface area contributed by atoms with Crippen LogP contribution in [0.25, 0.3) is 120 Å². The predicted octanol–water partition coefficient (Wildman–Crippen LogP) is 23.4.